The van der Waals surface area contributed by atoms with E-state index in [4.69, 9.17) is 5.26 Å². The molecule has 1 aromatic carbocycles. The second-order valence-corrected chi connectivity index (χ2v) is 4.39. The number of rotatable bonds is 0. The quantitative estimate of drug-likeness (QED) is 0.488. The van der Waals surface area contributed by atoms with Crippen molar-refractivity contribution in [1.82, 2.24) is 0 Å². The first kappa shape index (κ1) is 20.7. The van der Waals surface area contributed by atoms with E-state index in [2.05, 4.69) is 5.73 Å². The van der Waals surface area contributed by atoms with Crippen LogP contribution in [0.15, 0.2) is 0 Å². The molecule has 2 N–H and O–H groups in total. The number of nitrogens with two attached hydrogens (primary N) is 1. The molecule has 0 aliphatic rings. The van der Waals surface area contributed by atoms with Crippen molar-refractivity contribution in [2.45, 2.75) is 24.7 Å². The summed E-state index contributed by atoms with van der Waals surface area (Å²) in [4.78, 5) is 0. The SMILES string of the molecule is N#Cc1c(N)c(C(F)(F)F)c(C(F)(F)F)c(C(F)(F)F)c1C(F)(F)F. The standard InChI is InChI=1S/C11H2F12N2/c12-8(13,14)3-2(1-24)7(25)6(11(21,22)23)5(10(18,19)20)4(3)9(15,16)17/h25H2. The van der Waals surface area contributed by atoms with Crippen LogP contribution in [0.3, 0.4) is 0 Å². The molecule has 2 nitrogen and oxygen atoms in total. The third kappa shape index (κ3) is 3.69. The maximum absolute atomic E-state index is 12.9. The van der Waals surface area contributed by atoms with E-state index in [0.717, 1.165) is 0 Å². The number of nitriles is 1. The summed E-state index contributed by atoms with van der Waals surface area (Å²) < 4.78 is 154. The molecule has 1 rings (SSSR count). The van der Waals surface area contributed by atoms with Crippen molar-refractivity contribution in [2.24, 2.45) is 0 Å². The summed E-state index contributed by atoms with van der Waals surface area (Å²) in [6.45, 7) is 0. The molecule has 0 aromatic heterocycles. The Morgan fingerprint density at radius 2 is 0.840 bits per heavy atom. The maximum Gasteiger partial charge on any atom is 0.419 e. The second-order valence-electron chi connectivity index (χ2n) is 4.39. The highest BCUT2D eigenvalue weighted by molar-refractivity contribution is 5.70. The van der Waals surface area contributed by atoms with Crippen LogP contribution in [0.1, 0.15) is 27.8 Å². The van der Waals surface area contributed by atoms with E-state index in [1.807, 2.05) is 0 Å². The smallest absolute Gasteiger partial charge is 0.397 e. The fourth-order valence-corrected chi connectivity index (χ4v) is 2.03. The first-order valence-corrected chi connectivity index (χ1v) is 5.53. The van der Waals surface area contributed by atoms with Gasteiger partial charge in [-0.05, 0) is 0 Å². The first-order chi connectivity index (χ1) is 10.8. The molecule has 0 saturated carbocycles. The van der Waals surface area contributed by atoms with E-state index in [0.29, 0.717) is 6.07 Å². The molecule has 0 heterocycles. The van der Waals surface area contributed by atoms with E-state index < -0.39 is 58.2 Å². The van der Waals surface area contributed by atoms with Crippen LogP contribution in [0.2, 0.25) is 0 Å². The molecule has 0 bridgehead atoms. The van der Waals surface area contributed by atoms with Crippen molar-refractivity contribution in [3.63, 3.8) is 0 Å². The van der Waals surface area contributed by atoms with Gasteiger partial charge in [-0.25, -0.2) is 0 Å². The van der Waals surface area contributed by atoms with Crippen LogP contribution in [-0.2, 0) is 24.7 Å². The minimum absolute atomic E-state index is 0.362. The lowest BCUT2D eigenvalue weighted by Crippen LogP contribution is -2.30. The van der Waals surface area contributed by atoms with Crippen LogP contribution < -0.4 is 5.73 Å². The van der Waals surface area contributed by atoms with Gasteiger partial charge in [0.2, 0.25) is 0 Å². The molecule has 0 spiro atoms. The number of halogens is 12. The molecule has 0 aliphatic heterocycles. The minimum atomic E-state index is -6.52. The monoisotopic (exact) mass is 390 g/mol. The number of benzene rings is 1. The molecule has 1 aromatic rings. The van der Waals surface area contributed by atoms with Crippen molar-refractivity contribution < 1.29 is 52.7 Å². The van der Waals surface area contributed by atoms with E-state index in [1.165, 1.54) is 0 Å². The number of hydrogen-bond donors (Lipinski definition) is 1. The van der Waals surface area contributed by atoms with Gasteiger partial charge in [-0.3, -0.25) is 0 Å². The second kappa shape index (κ2) is 5.60. The lowest BCUT2D eigenvalue weighted by Gasteiger charge is -2.26. The molecule has 0 unspecified atom stereocenters. The minimum Gasteiger partial charge on any atom is -0.397 e. The van der Waals surface area contributed by atoms with Crippen molar-refractivity contribution in [3.05, 3.63) is 27.8 Å². The predicted octanol–water partition coefficient (Wildman–Crippen LogP) is 5.22. The molecule has 0 aliphatic carbocycles. The molecule has 0 atom stereocenters. The first-order valence-electron chi connectivity index (χ1n) is 5.53. The molecule has 14 heteroatoms. The maximum atomic E-state index is 12.9. The Labute approximate surface area is 129 Å². The summed E-state index contributed by atoms with van der Waals surface area (Å²) in [5.74, 6) is 0. The van der Waals surface area contributed by atoms with Gasteiger partial charge in [0.15, 0.2) is 0 Å². The fraction of sp³-hybridized carbons (Fsp3) is 0.364. The summed E-state index contributed by atoms with van der Waals surface area (Å²) in [5, 5.41) is 8.49. The van der Waals surface area contributed by atoms with Gasteiger partial charge in [0, 0.05) is 0 Å². The summed E-state index contributed by atoms with van der Waals surface area (Å²) in [5.41, 5.74) is -14.0. The van der Waals surface area contributed by atoms with Crippen molar-refractivity contribution in [2.75, 3.05) is 5.73 Å². The van der Waals surface area contributed by atoms with Gasteiger partial charge in [-0.1, -0.05) is 0 Å². The predicted molar refractivity (Wildman–Crippen MR) is 55.6 cm³/mol. The van der Waals surface area contributed by atoms with Crippen LogP contribution in [-0.4, -0.2) is 0 Å². The fourth-order valence-electron chi connectivity index (χ4n) is 2.03. The summed E-state index contributed by atoms with van der Waals surface area (Å²) in [7, 11) is 0. The Morgan fingerprint density at radius 1 is 0.560 bits per heavy atom. The zero-order valence-corrected chi connectivity index (χ0v) is 11.1. The zero-order chi connectivity index (χ0) is 20.2. The molecule has 25 heavy (non-hydrogen) atoms. The molecular formula is C11H2F12N2. The van der Waals surface area contributed by atoms with Crippen LogP contribution >= 0.6 is 0 Å². The average Bonchev–Trinajstić information content (AvgIpc) is 2.31. The van der Waals surface area contributed by atoms with Gasteiger partial charge in [-0.2, -0.15) is 57.9 Å². The normalized spacial score (nSPS) is 13.7. The van der Waals surface area contributed by atoms with Gasteiger partial charge in [0.25, 0.3) is 0 Å². The summed E-state index contributed by atoms with van der Waals surface area (Å²) >= 11 is 0. The zero-order valence-electron chi connectivity index (χ0n) is 11.1. The van der Waals surface area contributed by atoms with Gasteiger partial charge in [-0.15, -0.1) is 0 Å². The lowest BCUT2D eigenvalue weighted by atomic mass is 9.88. The van der Waals surface area contributed by atoms with Crippen LogP contribution in [0.5, 0.6) is 0 Å². The highest BCUT2D eigenvalue weighted by Gasteiger charge is 2.57. The molecule has 0 radical (unpaired) electrons. The molecule has 0 saturated heterocycles. The lowest BCUT2D eigenvalue weighted by molar-refractivity contribution is -0.182. The average molecular weight is 390 g/mol. The molecule has 0 fully saturated rings. The van der Waals surface area contributed by atoms with Crippen LogP contribution in [0.4, 0.5) is 58.4 Å². The largest absolute Gasteiger partial charge is 0.419 e. The Hall–Kier alpha value is -2.33. The van der Waals surface area contributed by atoms with E-state index in [-0.39, 0.29) is 0 Å². The van der Waals surface area contributed by atoms with E-state index in [1.54, 1.807) is 0 Å². The number of nitrogen functional groups attached to an aromatic ring is 1. The van der Waals surface area contributed by atoms with Crippen molar-refractivity contribution in [3.8, 4) is 6.07 Å². The molecule has 0 amide bonds. The van der Waals surface area contributed by atoms with E-state index in [9.17, 15) is 52.7 Å². The third-order valence-corrected chi connectivity index (χ3v) is 2.78. The molecular weight excluding hydrogens is 388 g/mol. The third-order valence-electron chi connectivity index (χ3n) is 2.78. The highest BCUT2D eigenvalue weighted by Crippen LogP contribution is 2.54. The van der Waals surface area contributed by atoms with Gasteiger partial charge >= 0.3 is 24.7 Å². The van der Waals surface area contributed by atoms with Crippen molar-refractivity contribution in [1.29, 1.82) is 5.26 Å². The van der Waals surface area contributed by atoms with E-state index >= 15 is 0 Å². The number of hydrogen-bond acceptors (Lipinski definition) is 2. The van der Waals surface area contributed by atoms with Crippen LogP contribution in [0, 0.1) is 11.3 Å². The van der Waals surface area contributed by atoms with Gasteiger partial charge < -0.3 is 5.73 Å². The summed E-state index contributed by atoms with van der Waals surface area (Å²) in [6, 6.07) is 0.362. The Balaban J connectivity index is 4.46. The van der Waals surface area contributed by atoms with Gasteiger partial charge in [0.1, 0.15) is 6.07 Å². The number of anilines is 1. The number of alkyl halides is 12. The molecule has 140 valence electrons. The van der Waals surface area contributed by atoms with Crippen molar-refractivity contribution >= 4 is 5.69 Å². The Kier molecular flexibility index (Phi) is 4.64. The van der Waals surface area contributed by atoms with Gasteiger partial charge in [0.05, 0.1) is 33.5 Å². The van der Waals surface area contributed by atoms with Crippen LogP contribution in [0.25, 0.3) is 0 Å². The Bertz CT molecular complexity index is 727. The number of nitrogens with zero attached hydrogens (tertiary/aromatic N) is 1. The topological polar surface area (TPSA) is 49.8 Å². The summed E-state index contributed by atoms with van der Waals surface area (Å²) in [6.07, 6.45) is -25.5. The highest BCUT2D eigenvalue weighted by atomic mass is 19.4. The Morgan fingerprint density at radius 3 is 1.08 bits per heavy atom.